The number of piperazine rings is 1. The molecule has 0 atom stereocenters. The molecule has 1 fully saturated rings. The molecule has 0 aliphatic carbocycles. The van der Waals surface area contributed by atoms with E-state index in [2.05, 4.69) is 15.6 Å². The first-order valence-electron chi connectivity index (χ1n) is 6.36. The summed E-state index contributed by atoms with van der Waals surface area (Å²) in [7, 11) is 0. The zero-order valence-corrected chi connectivity index (χ0v) is 11.0. The molecule has 1 aliphatic rings. The summed E-state index contributed by atoms with van der Waals surface area (Å²) in [5, 5.41) is 5.79. The van der Waals surface area contributed by atoms with Crippen LogP contribution in [0.2, 0.25) is 0 Å². The number of hydrogen-bond donors (Lipinski definition) is 2. The lowest BCUT2D eigenvalue weighted by Gasteiger charge is -2.26. The molecule has 0 radical (unpaired) electrons. The van der Waals surface area contributed by atoms with Crippen molar-refractivity contribution >= 4 is 11.8 Å². The highest BCUT2D eigenvalue weighted by Crippen LogP contribution is 2.04. The highest BCUT2D eigenvalue weighted by Gasteiger charge is 2.22. The number of carbonyl (C=O) groups is 2. The molecule has 6 nitrogen and oxygen atoms in total. The summed E-state index contributed by atoms with van der Waals surface area (Å²) in [5.41, 5.74) is 1.97. The zero-order chi connectivity index (χ0) is 13.7. The van der Waals surface area contributed by atoms with E-state index < -0.39 is 11.8 Å². The Morgan fingerprint density at radius 2 is 2.16 bits per heavy atom. The molecule has 1 aromatic heterocycles. The highest BCUT2D eigenvalue weighted by atomic mass is 16.2. The van der Waals surface area contributed by atoms with Gasteiger partial charge in [0, 0.05) is 45.1 Å². The summed E-state index contributed by atoms with van der Waals surface area (Å²) in [5.74, 6) is -1.01. The minimum absolute atomic E-state index is 0.330. The van der Waals surface area contributed by atoms with Crippen molar-refractivity contribution in [2.24, 2.45) is 0 Å². The zero-order valence-electron chi connectivity index (χ0n) is 11.0. The van der Waals surface area contributed by atoms with Gasteiger partial charge in [-0.2, -0.15) is 0 Å². The van der Waals surface area contributed by atoms with Gasteiger partial charge < -0.3 is 15.5 Å². The first-order chi connectivity index (χ1) is 9.18. The number of nitrogens with one attached hydrogen (secondary N) is 2. The molecule has 2 amide bonds. The smallest absolute Gasteiger partial charge is 0.311 e. The summed E-state index contributed by atoms with van der Waals surface area (Å²) in [4.78, 5) is 29.2. The maximum atomic E-state index is 11.9. The van der Waals surface area contributed by atoms with Gasteiger partial charge in [0.05, 0.1) is 0 Å². The predicted octanol–water partition coefficient (Wildman–Crippen LogP) is -0.562. The molecule has 19 heavy (non-hydrogen) atoms. The van der Waals surface area contributed by atoms with Crippen molar-refractivity contribution in [2.75, 3.05) is 26.2 Å². The van der Waals surface area contributed by atoms with E-state index in [1.165, 1.54) is 0 Å². The van der Waals surface area contributed by atoms with Crippen molar-refractivity contribution < 1.29 is 9.59 Å². The van der Waals surface area contributed by atoms with Gasteiger partial charge in [-0.1, -0.05) is 0 Å². The van der Waals surface area contributed by atoms with Crippen LogP contribution in [0.5, 0.6) is 0 Å². The second-order valence-electron chi connectivity index (χ2n) is 4.53. The fourth-order valence-electron chi connectivity index (χ4n) is 1.94. The van der Waals surface area contributed by atoms with E-state index >= 15 is 0 Å². The van der Waals surface area contributed by atoms with Gasteiger partial charge in [-0.3, -0.25) is 14.6 Å². The maximum absolute atomic E-state index is 11.9. The lowest BCUT2D eigenvalue weighted by Crippen LogP contribution is -2.51. The van der Waals surface area contributed by atoms with E-state index in [4.69, 9.17) is 0 Å². The van der Waals surface area contributed by atoms with Gasteiger partial charge in [0.1, 0.15) is 0 Å². The van der Waals surface area contributed by atoms with Gasteiger partial charge in [0.25, 0.3) is 0 Å². The summed E-state index contributed by atoms with van der Waals surface area (Å²) >= 11 is 0. The molecular formula is C13H18N4O2. The Labute approximate surface area is 112 Å². The first-order valence-corrected chi connectivity index (χ1v) is 6.36. The van der Waals surface area contributed by atoms with Crippen molar-refractivity contribution in [3.8, 4) is 0 Å². The van der Waals surface area contributed by atoms with E-state index in [-0.39, 0.29) is 0 Å². The van der Waals surface area contributed by atoms with E-state index in [9.17, 15) is 9.59 Å². The van der Waals surface area contributed by atoms with Crippen molar-refractivity contribution in [1.82, 2.24) is 20.5 Å². The second kappa shape index (κ2) is 6.29. The number of hydrogen-bond acceptors (Lipinski definition) is 4. The lowest BCUT2D eigenvalue weighted by atomic mass is 10.1. The molecule has 102 valence electrons. The predicted molar refractivity (Wildman–Crippen MR) is 70.3 cm³/mol. The Bertz CT molecular complexity index is 469. The van der Waals surface area contributed by atoms with Crippen LogP contribution < -0.4 is 10.6 Å². The molecule has 1 aliphatic heterocycles. The van der Waals surface area contributed by atoms with Gasteiger partial charge in [-0.15, -0.1) is 0 Å². The summed E-state index contributed by atoms with van der Waals surface area (Å²) in [6, 6.07) is 1.87. The van der Waals surface area contributed by atoms with Gasteiger partial charge in [-0.25, -0.2) is 0 Å². The summed E-state index contributed by atoms with van der Waals surface area (Å²) in [6.07, 6.45) is 3.40. The van der Waals surface area contributed by atoms with Gasteiger partial charge in [-0.05, 0) is 24.1 Å². The molecular weight excluding hydrogens is 244 g/mol. The summed E-state index contributed by atoms with van der Waals surface area (Å²) in [6.45, 7) is 4.91. The molecule has 1 saturated heterocycles. The standard InChI is InChI=1S/C13H18N4O2/c1-10-2-3-15-8-11(10)9-16-12(18)13(19)17-6-4-14-5-7-17/h2-3,8,14H,4-7,9H2,1H3,(H,16,18). The van der Waals surface area contributed by atoms with Gasteiger partial charge in [0.15, 0.2) is 0 Å². The largest absolute Gasteiger partial charge is 0.344 e. The molecule has 0 bridgehead atoms. The Morgan fingerprint density at radius 3 is 2.84 bits per heavy atom. The minimum Gasteiger partial charge on any atom is -0.344 e. The number of carbonyl (C=O) groups excluding carboxylic acids is 2. The van der Waals surface area contributed by atoms with Crippen LogP contribution in [0.3, 0.4) is 0 Å². The molecule has 6 heteroatoms. The fourth-order valence-corrected chi connectivity index (χ4v) is 1.94. The molecule has 0 spiro atoms. The Kier molecular flexibility index (Phi) is 4.46. The SMILES string of the molecule is Cc1ccncc1CNC(=O)C(=O)N1CCNCC1. The normalized spacial score (nSPS) is 15.1. The quantitative estimate of drug-likeness (QED) is 0.701. The van der Waals surface area contributed by atoms with E-state index in [1.54, 1.807) is 17.3 Å². The Balaban J connectivity index is 1.87. The average molecular weight is 262 g/mol. The van der Waals surface area contributed by atoms with Crippen molar-refractivity contribution in [1.29, 1.82) is 0 Å². The molecule has 2 N–H and O–H groups in total. The van der Waals surface area contributed by atoms with Gasteiger partial charge in [0.2, 0.25) is 0 Å². The molecule has 2 heterocycles. The maximum Gasteiger partial charge on any atom is 0.311 e. The third-order valence-corrected chi connectivity index (χ3v) is 3.19. The average Bonchev–Trinajstić information content (AvgIpc) is 2.46. The number of aromatic nitrogens is 1. The summed E-state index contributed by atoms with van der Waals surface area (Å²) < 4.78 is 0. The molecule has 2 rings (SSSR count). The number of nitrogens with zero attached hydrogens (tertiary/aromatic N) is 2. The van der Waals surface area contributed by atoms with Crippen LogP contribution in [0.1, 0.15) is 11.1 Å². The van der Waals surface area contributed by atoms with E-state index in [0.29, 0.717) is 19.6 Å². The first kappa shape index (κ1) is 13.5. The topological polar surface area (TPSA) is 74.3 Å². The van der Waals surface area contributed by atoms with Crippen LogP contribution in [0.4, 0.5) is 0 Å². The highest BCUT2D eigenvalue weighted by molar-refractivity contribution is 6.34. The fraction of sp³-hybridized carbons (Fsp3) is 0.462. The van der Waals surface area contributed by atoms with Gasteiger partial charge >= 0.3 is 11.8 Å². The van der Waals surface area contributed by atoms with Crippen molar-refractivity contribution in [3.63, 3.8) is 0 Å². The van der Waals surface area contributed by atoms with Crippen LogP contribution >= 0.6 is 0 Å². The third kappa shape index (κ3) is 3.51. The van der Waals surface area contributed by atoms with Crippen LogP contribution in [-0.2, 0) is 16.1 Å². The molecule has 1 aromatic rings. The Hall–Kier alpha value is -1.95. The van der Waals surface area contributed by atoms with Crippen LogP contribution in [0.15, 0.2) is 18.5 Å². The van der Waals surface area contributed by atoms with Crippen molar-refractivity contribution in [3.05, 3.63) is 29.6 Å². The number of rotatable bonds is 2. The van der Waals surface area contributed by atoms with E-state index in [0.717, 1.165) is 24.2 Å². The molecule has 0 saturated carbocycles. The minimum atomic E-state index is -0.551. The van der Waals surface area contributed by atoms with E-state index in [1.807, 2.05) is 13.0 Å². The number of aryl methyl sites for hydroxylation is 1. The van der Waals surface area contributed by atoms with Crippen molar-refractivity contribution in [2.45, 2.75) is 13.5 Å². The third-order valence-electron chi connectivity index (χ3n) is 3.19. The number of amides is 2. The van der Waals surface area contributed by atoms with Crippen LogP contribution in [-0.4, -0.2) is 47.9 Å². The van der Waals surface area contributed by atoms with Crippen LogP contribution in [0, 0.1) is 6.92 Å². The Morgan fingerprint density at radius 1 is 1.42 bits per heavy atom. The molecule has 0 unspecified atom stereocenters. The molecule has 0 aromatic carbocycles. The number of pyridine rings is 1. The monoisotopic (exact) mass is 262 g/mol. The second-order valence-corrected chi connectivity index (χ2v) is 4.53. The van der Waals surface area contributed by atoms with Crippen LogP contribution in [0.25, 0.3) is 0 Å². The lowest BCUT2D eigenvalue weighted by molar-refractivity contribution is -0.146.